The van der Waals surface area contributed by atoms with Gasteiger partial charge >= 0.3 is 0 Å². The van der Waals surface area contributed by atoms with Gasteiger partial charge in [-0.05, 0) is 24.8 Å². The van der Waals surface area contributed by atoms with Gasteiger partial charge in [0.1, 0.15) is 0 Å². The number of hydrogen-bond donors (Lipinski definition) is 0. The van der Waals surface area contributed by atoms with E-state index in [0.29, 0.717) is 0 Å². The maximum atomic E-state index is 2.35. The van der Waals surface area contributed by atoms with E-state index >= 15 is 0 Å². The lowest BCUT2D eigenvalue weighted by molar-refractivity contribution is 0.567. The first-order chi connectivity index (χ1) is 7.74. The molecule has 0 heterocycles. The standard InChI is InChI=1S/C16H26/c1-4-5-6-7-8-9-15(3)16-12-10-14(2)11-13-16/h10-13,15H,4-9H2,1-3H3/t15-/m0/s1. The summed E-state index contributed by atoms with van der Waals surface area (Å²) in [4.78, 5) is 0. The topological polar surface area (TPSA) is 0 Å². The molecule has 0 aromatic heterocycles. The van der Waals surface area contributed by atoms with E-state index in [1.165, 1.54) is 49.7 Å². The number of rotatable bonds is 7. The van der Waals surface area contributed by atoms with Gasteiger partial charge in [0.25, 0.3) is 0 Å². The number of benzene rings is 1. The molecule has 0 saturated carbocycles. The van der Waals surface area contributed by atoms with Gasteiger partial charge in [0.05, 0.1) is 0 Å². The molecule has 0 amide bonds. The van der Waals surface area contributed by atoms with Crippen molar-refractivity contribution in [2.24, 2.45) is 0 Å². The third-order valence-electron chi connectivity index (χ3n) is 3.39. The van der Waals surface area contributed by atoms with Crippen LogP contribution >= 0.6 is 0 Å². The van der Waals surface area contributed by atoms with Crippen LogP contribution in [-0.2, 0) is 0 Å². The molecule has 0 aliphatic rings. The molecule has 0 N–H and O–H groups in total. The quantitative estimate of drug-likeness (QED) is 0.533. The fraction of sp³-hybridized carbons (Fsp3) is 0.625. The first-order valence-corrected chi connectivity index (χ1v) is 6.80. The monoisotopic (exact) mass is 218 g/mol. The maximum Gasteiger partial charge on any atom is -0.0190 e. The fourth-order valence-electron chi connectivity index (χ4n) is 2.12. The third kappa shape index (κ3) is 4.83. The largest absolute Gasteiger partial charge is 0.0654 e. The Morgan fingerprint density at radius 3 is 2.19 bits per heavy atom. The Kier molecular flexibility index (Phi) is 6.22. The Morgan fingerprint density at radius 1 is 0.938 bits per heavy atom. The van der Waals surface area contributed by atoms with Gasteiger partial charge in [-0.3, -0.25) is 0 Å². The first-order valence-electron chi connectivity index (χ1n) is 6.80. The van der Waals surface area contributed by atoms with Gasteiger partial charge in [-0.15, -0.1) is 0 Å². The SMILES string of the molecule is CCCCCCC[C@H](C)c1ccc(C)cc1. The summed E-state index contributed by atoms with van der Waals surface area (Å²) in [7, 11) is 0. The Morgan fingerprint density at radius 2 is 1.56 bits per heavy atom. The van der Waals surface area contributed by atoms with E-state index in [1.807, 2.05) is 0 Å². The zero-order valence-corrected chi connectivity index (χ0v) is 11.1. The van der Waals surface area contributed by atoms with Gasteiger partial charge in [-0.1, -0.05) is 75.8 Å². The van der Waals surface area contributed by atoms with Crippen molar-refractivity contribution in [2.75, 3.05) is 0 Å². The van der Waals surface area contributed by atoms with Crippen LogP contribution in [0.15, 0.2) is 24.3 Å². The van der Waals surface area contributed by atoms with Crippen LogP contribution in [-0.4, -0.2) is 0 Å². The average Bonchev–Trinajstić information content (AvgIpc) is 2.29. The minimum atomic E-state index is 0.724. The molecule has 0 saturated heterocycles. The molecule has 0 bridgehead atoms. The molecular formula is C16H26. The van der Waals surface area contributed by atoms with Crippen molar-refractivity contribution in [3.8, 4) is 0 Å². The lowest BCUT2D eigenvalue weighted by Crippen LogP contribution is -1.93. The molecule has 1 rings (SSSR count). The minimum absolute atomic E-state index is 0.724. The van der Waals surface area contributed by atoms with E-state index in [1.54, 1.807) is 0 Å². The van der Waals surface area contributed by atoms with Gasteiger partial charge < -0.3 is 0 Å². The molecule has 0 spiro atoms. The highest BCUT2D eigenvalue weighted by atomic mass is 14.1. The van der Waals surface area contributed by atoms with Crippen molar-refractivity contribution in [1.82, 2.24) is 0 Å². The smallest absolute Gasteiger partial charge is 0.0190 e. The minimum Gasteiger partial charge on any atom is -0.0654 e. The van der Waals surface area contributed by atoms with Crippen molar-refractivity contribution in [1.29, 1.82) is 0 Å². The maximum absolute atomic E-state index is 2.35. The third-order valence-corrected chi connectivity index (χ3v) is 3.39. The normalized spacial score (nSPS) is 12.7. The highest BCUT2D eigenvalue weighted by Crippen LogP contribution is 2.22. The van der Waals surface area contributed by atoms with Crippen LogP contribution in [0.4, 0.5) is 0 Å². The summed E-state index contributed by atoms with van der Waals surface area (Å²) in [6.45, 7) is 6.78. The number of unbranched alkanes of at least 4 members (excludes halogenated alkanes) is 4. The molecule has 0 aliphatic heterocycles. The zero-order chi connectivity index (χ0) is 11.8. The van der Waals surface area contributed by atoms with Crippen molar-refractivity contribution < 1.29 is 0 Å². The van der Waals surface area contributed by atoms with E-state index in [-0.39, 0.29) is 0 Å². The Hall–Kier alpha value is -0.780. The Labute approximate surface area is 101 Å². The van der Waals surface area contributed by atoms with Crippen LogP contribution in [0.5, 0.6) is 0 Å². The van der Waals surface area contributed by atoms with Crippen LogP contribution in [0.2, 0.25) is 0 Å². The molecule has 1 atom stereocenters. The molecule has 0 radical (unpaired) electrons. The molecule has 0 unspecified atom stereocenters. The van der Waals surface area contributed by atoms with Crippen LogP contribution in [0.1, 0.15) is 69.4 Å². The van der Waals surface area contributed by atoms with Crippen LogP contribution in [0, 0.1) is 6.92 Å². The predicted octanol–water partition coefficient (Wildman–Crippen LogP) is 5.46. The summed E-state index contributed by atoms with van der Waals surface area (Å²) in [5.74, 6) is 0.724. The molecule has 0 aliphatic carbocycles. The second-order valence-corrected chi connectivity index (χ2v) is 5.01. The Bertz CT molecular complexity index is 271. The van der Waals surface area contributed by atoms with Gasteiger partial charge in [0.15, 0.2) is 0 Å². The summed E-state index contributed by atoms with van der Waals surface area (Å²) in [5.41, 5.74) is 2.86. The lowest BCUT2D eigenvalue weighted by Gasteiger charge is -2.11. The summed E-state index contributed by atoms with van der Waals surface area (Å²) in [5, 5.41) is 0. The van der Waals surface area contributed by atoms with Gasteiger partial charge in [-0.2, -0.15) is 0 Å². The molecule has 0 heteroatoms. The molecule has 1 aromatic rings. The molecule has 90 valence electrons. The van der Waals surface area contributed by atoms with Crippen molar-refractivity contribution in [3.05, 3.63) is 35.4 Å². The van der Waals surface area contributed by atoms with Crippen molar-refractivity contribution >= 4 is 0 Å². The van der Waals surface area contributed by atoms with E-state index in [4.69, 9.17) is 0 Å². The average molecular weight is 218 g/mol. The lowest BCUT2D eigenvalue weighted by atomic mass is 9.94. The first kappa shape index (κ1) is 13.3. The summed E-state index contributed by atoms with van der Waals surface area (Å²) >= 11 is 0. The molecule has 0 fully saturated rings. The number of hydrogen-bond acceptors (Lipinski definition) is 0. The van der Waals surface area contributed by atoms with E-state index in [2.05, 4.69) is 45.0 Å². The predicted molar refractivity (Wildman–Crippen MR) is 73.0 cm³/mol. The van der Waals surface area contributed by atoms with Gasteiger partial charge in [-0.25, -0.2) is 0 Å². The van der Waals surface area contributed by atoms with Crippen molar-refractivity contribution in [3.63, 3.8) is 0 Å². The van der Waals surface area contributed by atoms with Crippen molar-refractivity contribution in [2.45, 2.75) is 65.2 Å². The Balaban J connectivity index is 2.24. The summed E-state index contributed by atoms with van der Waals surface area (Å²) < 4.78 is 0. The zero-order valence-electron chi connectivity index (χ0n) is 11.1. The van der Waals surface area contributed by atoms with Crippen LogP contribution < -0.4 is 0 Å². The van der Waals surface area contributed by atoms with Crippen LogP contribution in [0.25, 0.3) is 0 Å². The summed E-state index contributed by atoms with van der Waals surface area (Å²) in [6.07, 6.45) is 8.29. The second-order valence-electron chi connectivity index (χ2n) is 5.01. The van der Waals surface area contributed by atoms with E-state index in [9.17, 15) is 0 Å². The fourth-order valence-corrected chi connectivity index (χ4v) is 2.12. The number of aryl methyl sites for hydroxylation is 1. The van der Waals surface area contributed by atoms with E-state index < -0.39 is 0 Å². The highest BCUT2D eigenvalue weighted by molar-refractivity contribution is 5.23. The molecule has 16 heavy (non-hydrogen) atoms. The van der Waals surface area contributed by atoms with Gasteiger partial charge in [0, 0.05) is 0 Å². The highest BCUT2D eigenvalue weighted by Gasteiger charge is 2.04. The van der Waals surface area contributed by atoms with E-state index in [0.717, 1.165) is 5.92 Å². The molecule has 1 aromatic carbocycles. The van der Waals surface area contributed by atoms with Gasteiger partial charge in [0.2, 0.25) is 0 Å². The molecule has 0 nitrogen and oxygen atoms in total. The summed E-state index contributed by atoms with van der Waals surface area (Å²) in [6, 6.07) is 9.02. The molecular weight excluding hydrogens is 192 g/mol. The van der Waals surface area contributed by atoms with Crippen LogP contribution in [0.3, 0.4) is 0 Å². The second kappa shape index (κ2) is 7.49.